The number of nitrogens with one attached hydrogen (secondary N) is 2. The number of aromatic nitrogens is 2. The van der Waals surface area contributed by atoms with Crippen molar-refractivity contribution in [3.63, 3.8) is 0 Å². The number of pyridine rings is 1. The number of fused-ring (bicyclic) bond motifs is 1. The zero-order valence-corrected chi connectivity index (χ0v) is 18.3. The summed E-state index contributed by atoms with van der Waals surface area (Å²) in [6, 6.07) is 10.1. The van der Waals surface area contributed by atoms with Gasteiger partial charge in [0.2, 0.25) is 5.88 Å². The van der Waals surface area contributed by atoms with Crippen molar-refractivity contribution >= 4 is 49.6 Å². The number of ether oxygens (including phenoxy) is 2. The van der Waals surface area contributed by atoms with Crippen LogP contribution in [0.15, 0.2) is 41.3 Å². The van der Waals surface area contributed by atoms with Crippen molar-refractivity contribution in [2.75, 3.05) is 31.4 Å². The van der Waals surface area contributed by atoms with Crippen LogP contribution in [0.2, 0.25) is 0 Å². The summed E-state index contributed by atoms with van der Waals surface area (Å²) in [5.74, 6) is 0.425. The molecule has 3 rings (SSSR count). The topological polar surface area (TPSA) is 120 Å². The number of hydrogen-bond donors (Lipinski definition) is 2. The summed E-state index contributed by atoms with van der Waals surface area (Å²) >= 11 is 0.0748. The number of carbonyl (C=O) groups excluding carboxylic acids is 1. The second kappa shape index (κ2) is 10.5. The molecule has 1 atom stereocenters. The van der Waals surface area contributed by atoms with Crippen molar-refractivity contribution in [2.24, 2.45) is 0 Å². The van der Waals surface area contributed by atoms with E-state index in [0.717, 1.165) is 0 Å². The van der Waals surface area contributed by atoms with Crippen molar-refractivity contribution in [1.82, 2.24) is 9.97 Å². The second-order valence-corrected chi connectivity index (χ2v) is 8.72. The van der Waals surface area contributed by atoms with E-state index in [1.165, 1.54) is 11.3 Å². The predicted molar refractivity (Wildman–Crippen MR) is 118 cm³/mol. The SMILES string of the molecule is CCOc1ccc2nc(NC(=O)C(=N)c3ccc([S+]([O-])CCCOC)cc3)sc2n1. The minimum absolute atomic E-state index is 0.200. The minimum atomic E-state index is -1.14. The number of nitrogens with zero attached hydrogens (tertiary/aromatic N) is 2. The smallest absolute Gasteiger partial charge is 0.275 e. The number of anilines is 1. The molecule has 2 N–H and O–H groups in total. The highest BCUT2D eigenvalue weighted by atomic mass is 32.2. The van der Waals surface area contributed by atoms with Gasteiger partial charge in [0.25, 0.3) is 5.91 Å². The lowest BCUT2D eigenvalue weighted by molar-refractivity contribution is -0.110. The number of carbonyl (C=O) groups is 1. The highest BCUT2D eigenvalue weighted by Gasteiger charge is 2.17. The fourth-order valence-electron chi connectivity index (χ4n) is 2.60. The van der Waals surface area contributed by atoms with Gasteiger partial charge in [-0.2, -0.15) is 0 Å². The number of rotatable bonds is 10. The van der Waals surface area contributed by atoms with Gasteiger partial charge in [0.15, 0.2) is 10.0 Å². The van der Waals surface area contributed by atoms with Crippen LogP contribution in [0.4, 0.5) is 5.13 Å². The molecular formula is C20H22N4O4S2. The lowest BCUT2D eigenvalue weighted by Crippen LogP contribution is -2.22. The molecule has 1 aromatic carbocycles. The highest BCUT2D eigenvalue weighted by Crippen LogP contribution is 2.26. The zero-order valence-electron chi connectivity index (χ0n) is 16.6. The molecule has 8 nitrogen and oxygen atoms in total. The fourth-order valence-corrected chi connectivity index (χ4v) is 4.48. The Morgan fingerprint density at radius 2 is 2.00 bits per heavy atom. The van der Waals surface area contributed by atoms with Crippen molar-refractivity contribution in [2.45, 2.75) is 18.2 Å². The summed E-state index contributed by atoms with van der Waals surface area (Å²) < 4.78 is 22.6. The number of methoxy groups -OCH3 is 1. The molecular weight excluding hydrogens is 424 g/mol. The monoisotopic (exact) mass is 446 g/mol. The number of thiazole rings is 1. The largest absolute Gasteiger partial charge is 0.611 e. The van der Waals surface area contributed by atoms with Gasteiger partial charge in [-0.3, -0.25) is 15.5 Å². The van der Waals surface area contributed by atoms with Gasteiger partial charge in [-0.25, -0.2) is 9.97 Å². The van der Waals surface area contributed by atoms with Gasteiger partial charge in [-0.15, -0.1) is 0 Å². The molecule has 0 fully saturated rings. The van der Waals surface area contributed by atoms with Crippen LogP contribution in [0.1, 0.15) is 18.9 Å². The van der Waals surface area contributed by atoms with E-state index in [-0.39, 0.29) is 5.71 Å². The van der Waals surface area contributed by atoms with E-state index < -0.39 is 17.1 Å². The fraction of sp³-hybridized carbons (Fsp3) is 0.300. The molecule has 0 saturated carbocycles. The van der Waals surface area contributed by atoms with E-state index in [4.69, 9.17) is 14.9 Å². The van der Waals surface area contributed by atoms with Gasteiger partial charge in [0.05, 0.1) is 13.2 Å². The Balaban J connectivity index is 1.64. The Hall–Kier alpha value is -2.53. The van der Waals surface area contributed by atoms with Gasteiger partial charge < -0.3 is 14.0 Å². The zero-order chi connectivity index (χ0) is 21.5. The Bertz CT molecular complexity index is 1020. The van der Waals surface area contributed by atoms with Gasteiger partial charge >= 0.3 is 0 Å². The van der Waals surface area contributed by atoms with Crippen molar-refractivity contribution < 1.29 is 18.8 Å². The first-order valence-corrected chi connectivity index (χ1v) is 11.4. The molecule has 10 heteroatoms. The first-order valence-electron chi connectivity index (χ1n) is 9.30. The number of benzene rings is 1. The molecule has 1 unspecified atom stereocenters. The van der Waals surface area contributed by atoms with E-state index in [1.807, 2.05) is 6.92 Å². The molecule has 0 aliphatic heterocycles. The van der Waals surface area contributed by atoms with E-state index in [9.17, 15) is 9.35 Å². The van der Waals surface area contributed by atoms with Crippen molar-refractivity contribution in [3.05, 3.63) is 42.0 Å². The Labute approximate surface area is 181 Å². The summed E-state index contributed by atoms with van der Waals surface area (Å²) in [7, 11) is 1.61. The third-order valence-corrected chi connectivity index (χ3v) is 6.39. The number of amides is 1. The van der Waals surface area contributed by atoms with Crippen LogP contribution < -0.4 is 10.1 Å². The quantitative estimate of drug-likeness (QED) is 0.280. The molecule has 3 aromatic rings. The van der Waals surface area contributed by atoms with Crippen LogP contribution in [-0.4, -0.2) is 52.2 Å². The molecule has 2 heterocycles. The average molecular weight is 447 g/mol. The standard InChI is InChI=1S/C20H22N4O4S2/c1-3-28-16-10-9-15-19(23-16)29-20(22-15)24-18(25)17(21)13-5-7-14(8-6-13)30(26)12-4-11-27-2/h5-10,21H,3-4,11-12H2,1-2H3,(H,22,24,25). The van der Waals surface area contributed by atoms with Crippen LogP contribution in [-0.2, 0) is 20.7 Å². The molecule has 158 valence electrons. The van der Waals surface area contributed by atoms with Gasteiger partial charge in [-0.1, -0.05) is 11.3 Å². The minimum Gasteiger partial charge on any atom is -0.611 e. The molecule has 0 radical (unpaired) electrons. The Morgan fingerprint density at radius 1 is 1.23 bits per heavy atom. The van der Waals surface area contributed by atoms with Gasteiger partial charge in [0.1, 0.15) is 21.8 Å². The maximum Gasteiger partial charge on any atom is 0.275 e. The third-order valence-electron chi connectivity index (χ3n) is 4.05. The molecule has 0 aliphatic rings. The molecule has 2 aromatic heterocycles. The Morgan fingerprint density at radius 3 is 2.70 bits per heavy atom. The van der Waals surface area contributed by atoms with Crippen LogP contribution in [0.3, 0.4) is 0 Å². The normalized spacial score (nSPS) is 12.0. The summed E-state index contributed by atoms with van der Waals surface area (Å²) in [5.41, 5.74) is 0.877. The first-order chi connectivity index (χ1) is 14.5. The summed E-state index contributed by atoms with van der Waals surface area (Å²) in [5, 5.41) is 11.2. The first kappa shape index (κ1) is 22.2. The van der Waals surface area contributed by atoms with E-state index in [0.29, 0.717) is 57.2 Å². The molecule has 0 aliphatic carbocycles. The van der Waals surface area contributed by atoms with Crippen LogP contribution in [0.5, 0.6) is 5.88 Å². The van der Waals surface area contributed by atoms with Crippen molar-refractivity contribution in [3.8, 4) is 5.88 Å². The van der Waals surface area contributed by atoms with Crippen molar-refractivity contribution in [1.29, 1.82) is 5.41 Å². The molecule has 1 amide bonds. The average Bonchev–Trinajstić information content (AvgIpc) is 3.15. The molecule has 0 spiro atoms. The van der Waals surface area contributed by atoms with Crippen LogP contribution in [0.25, 0.3) is 10.3 Å². The summed E-state index contributed by atoms with van der Waals surface area (Å²) in [6.07, 6.45) is 0.701. The maximum absolute atomic E-state index is 12.5. The van der Waals surface area contributed by atoms with E-state index in [1.54, 1.807) is 43.5 Å². The van der Waals surface area contributed by atoms with E-state index >= 15 is 0 Å². The summed E-state index contributed by atoms with van der Waals surface area (Å²) in [4.78, 5) is 22.4. The highest BCUT2D eigenvalue weighted by molar-refractivity contribution is 7.91. The van der Waals surface area contributed by atoms with Crippen LogP contribution in [0, 0.1) is 5.41 Å². The van der Waals surface area contributed by atoms with E-state index in [2.05, 4.69) is 15.3 Å². The lowest BCUT2D eigenvalue weighted by Gasteiger charge is -2.11. The number of hydrogen-bond acceptors (Lipinski definition) is 8. The predicted octanol–water partition coefficient (Wildman–Crippen LogP) is 3.24. The van der Waals surface area contributed by atoms with Gasteiger partial charge in [0, 0.05) is 25.2 Å². The Kier molecular flexibility index (Phi) is 7.75. The molecule has 0 saturated heterocycles. The molecule has 0 bridgehead atoms. The third kappa shape index (κ3) is 5.54. The molecule has 30 heavy (non-hydrogen) atoms. The second-order valence-electron chi connectivity index (χ2n) is 6.18. The van der Waals surface area contributed by atoms with Crippen LogP contribution >= 0.6 is 11.3 Å². The summed E-state index contributed by atoms with van der Waals surface area (Å²) in [6.45, 7) is 2.95. The lowest BCUT2D eigenvalue weighted by atomic mass is 10.1. The maximum atomic E-state index is 12.5. The van der Waals surface area contributed by atoms with Gasteiger partial charge in [-0.05, 0) is 48.4 Å².